The van der Waals surface area contributed by atoms with Crippen molar-refractivity contribution in [2.75, 3.05) is 0 Å². The fourth-order valence-electron chi connectivity index (χ4n) is 2.54. The maximum Gasteiger partial charge on any atom is 0.146 e. The molecule has 2 aromatic rings. The third-order valence-electron chi connectivity index (χ3n) is 3.67. The molecule has 1 aromatic carbocycles. The molecule has 20 heavy (non-hydrogen) atoms. The lowest BCUT2D eigenvalue weighted by molar-refractivity contribution is 0.402. The van der Waals surface area contributed by atoms with E-state index in [0.29, 0.717) is 5.88 Å². The Morgan fingerprint density at radius 1 is 1.35 bits per heavy atom. The van der Waals surface area contributed by atoms with Crippen molar-refractivity contribution in [3.63, 3.8) is 0 Å². The number of benzene rings is 1. The van der Waals surface area contributed by atoms with Crippen LogP contribution in [0.15, 0.2) is 40.3 Å². The van der Waals surface area contributed by atoms with Gasteiger partial charge < -0.3 is 9.73 Å². The van der Waals surface area contributed by atoms with Gasteiger partial charge in [-0.25, -0.2) is 0 Å². The highest BCUT2D eigenvalue weighted by Gasteiger charge is 2.36. The summed E-state index contributed by atoms with van der Waals surface area (Å²) >= 11 is 7.70. The lowest BCUT2D eigenvalue weighted by Crippen LogP contribution is -2.32. The molecule has 1 aliphatic heterocycles. The average Bonchev–Trinajstić information content (AvgIpc) is 3.11. The SMILES string of the molecule is CCCCC1(c2cc3cc(CCl)ccc3o2)NC=CS1. The molecule has 1 atom stereocenters. The smallest absolute Gasteiger partial charge is 0.146 e. The first-order valence-corrected chi connectivity index (χ1v) is 8.38. The van der Waals surface area contributed by atoms with Crippen LogP contribution in [0, 0.1) is 0 Å². The van der Waals surface area contributed by atoms with E-state index in [4.69, 9.17) is 16.0 Å². The summed E-state index contributed by atoms with van der Waals surface area (Å²) in [6, 6.07) is 8.29. The van der Waals surface area contributed by atoms with Gasteiger partial charge in [0, 0.05) is 17.5 Å². The molecule has 0 radical (unpaired) electrons. The van der Waals surface area contributed by atoms with Crippen molar-refractivity contribution < 1.29 is 4.42 Å². The zero-order valence-corrected chi connectivity index (χ0v) is 13.1. The monoisotopic (exact) mass is 307 g/mol. The van der Waals surface area contributed by atoms with Crippen LogP contribution < -0.4 is 5.32 Å². The molecule has 3 rings (SSSR count). The van der Waals surface area contributed by atoms with Crippen molar-refractivity contribution >= 4 is 34.3 Å². The summed E-state index contributed by atoms with van der Waals surface area (Å²) in [5.74, 6) is 1.54. The summed E-state index contributed by atoms with van der Waals surface area (Å²) in [4.78, 5) is -0.143. The Balaban J connectivity index is 1.98. The Kier molecular flexibility index (Phi) is 3.99. The van der Waals surface area contributed by atoms with E-state index in [0.717, 1.165) is 28.7 Å². The van der Waals surface area contributed by atoms with Crippen molar-refractivity contribution in [3.8, 4) is 0 Å². The van der Waals surface area contributed by atoms with Gasteiger partial charge in [0.2, 0.25) is 0 Å². The van der Waals surface area contributed by atoms with Crippen molar-refractivity contribution in [1.29, 1.82) is 0 Å². The highest BCUT2D eigenvalue weighted by atomic mass is 35.5. The summed E-state index contributed by atoms with van der Waals surface area (Å²) in [7, 11) is 0. The molecule has 1 aliphatic rings. The van der Waals surface area contributed by atoms with Gasteiger partial charge in [0.05, 0.1) is 0 Å². The van der Waals surface area contributed by atoms with Gasteiger partial charge in [-0.15, -0.1) is 11.6 Å². The highest BCUT2D eigenvalue weighted by molar-refractivity contribution is 8.03. The molecule has 0 saturated heterocycles. The number of hydrogen-bond donors (Lipinski definition) is 1. The maximum atomic E-state index is 6.09. The number of alkyl halides is 1. The Morgan fingerprint density at radius 2 is 2.25 bits per heavy atom. The highest BCUT2D eigenvalue weighted by Crippen LogP contribution is 2.44. The molecule has 1 N–H and O–H groups in total. The normalized spacial score (nSPS) is 21.5. The van der Waals surface area contributed by atoms with Gasteiger partial charge in [-0.05, 0) is 35.6 Å². The average molecular weight is 308 g/mol. The lowest BCUT2D eigenvalue weighted by atomic mass is 10.1. The largest absolute Gasteiger partial charge is 0.458 e. The van der Waals surface area contributed by atoms with E-state index >= 15 is 0 Å². The fourth-order valence-corrected chi connectivity index (χ4v) is 3.69. The van der Waals surface area contributed by atoms with Gasteiger partial charge in [-0.2, -0.15) is 0 Å². The number of rotatable bonds is 5. The van der Waals surface area contributed by atoms with Gasteiger partial charge in [0.1, 0.15) is 16.2 Å². The number of furan rings is 1. The third-order valence-corrected chi connectivity index (χ3v) is 5.18. The van der Waals surface area contributed by atoms with E-state index in [9.17, 15) is 0 Å². The lowest BCUT2D eigenvalue weighted by Gasteiger charge is -2.26. The molecule has 106 valence electrons. The molecule has 0 amide bonds. The van der Waals surface area contributed by atoms with Crippen LogP contribution in [0.4, 0.5) is 0 Å². The van der Waals surface area contributed by atoms with Crippen LogP contribution in [0.2, 0.25) is 0 Å². The van der Waals surface area contributed by atoms with E-state index in [1.165, 1.54) is 12.8 Å². The zero-order chi connectivity index (χ0) is 14.0. The Hall–Kier alpha value is -1.06. The molecule has 0 spiro atoms. The van der Waals surface area contributed by atoms with E-state index in [2.05, 4.69) is 29.8 Å². The second-order valence-electron chi connectivity index (χ2n) is 5.11. The molecule has 2 heterocycles. The van der Waals surface area contributed by atoms with Crippen LogP contribution in [0.3, 0.4) is 0 Å². The number of hydrogen-bond acceptors (Lipinski definition) is 3. The van der Waals surface area contributed by atoms with E-state index in [-0.39, 0.29) is 4.87 Å². The second-order valence-corrected chi connectivity index (χ2v) is 6.58. The zero-order valence-electron chi connectivity index (χ0n) is 11.5. The van der Waals surface area contributed by atoms with Crippen molar-refractivity contribution in [1.82, 2.24) is 5.32 Å². The maximum absolute atomic E-state index is 6.09. The first kappa shape index (κ1) is 13.9. The van der Waals surface area contributed by atoms with Gasteiger partial charge in [-0.3, -0.25) is 0 Å². The number of nitrogens with one attached hydrogen (secondary N) is 1. The number of fused-ring (bicyclic) bond motifs is 1. The first-order chi connectivity index (χ1) is 9.77. The van der Waals surface area contributed by atoms with Gasteiger partial charge in [-0.1, -0.05) is 37.6 Å². The van der Waals surface area contributed by atoms with Crippen molar-refractivity contribution in [2.45, 2.75) is 36.9 Å². The van der Waals surface area contributed by atoms with Gasteiger partial charge in [0.25, 0.3) is 0 Å². The number of halogens is 1. The standard InChI is InChI=1S/C16H18ClNOS/c1-2-3-6-16(18-7-8-20-16)15-10-13-9-12(11-17)4-5-14(13)19-15/h4-5,7-10,18H,2-3,6,11H2,1H3. The summed E-state index contributed by atoms with van der Waals surface area (Å²) in [6.45, 7) is 2.21. The summed E-state index contributed by atoms with van der Waals surface area (Å²) in [6.07, 6.45) is 5.42. The second kappa shape index (κ2) is 5.74. The third kappa shape index (κ3) is 2.45. The van der Waals surface area contributed by atoms with E-state index < -0.39 is 0 Å². The van der Waals surface area contributed by atoms with Crippen LogP contribution in [0.1, 0.15) is 37.5 Å². The molecular weight excluding hydrogens is 290 g/mol. The number of unbranched alkanes of at least 4 members (excludes halogenated alkanes) is 1. The minimum Gasteiger partial charge on any atom is -0.458 e. The van der Waals surface area contributed by atoms with Crippen molar-refractivity contribution in [2.24, 2.45) is 0 Å². The molecule has 0 fully saturated rings. The predicted octanol–water partition coefficient (Wildman–Crippen LogP) is 5.32. The quantitative estimate of drug-likeness (QED) is 0.757. The molecule has 0 aliphatic carbocycles. The number of thioether (sulfide) groups is 1. The molecule has 2 nitrogen and oxygen atoms in total. The van der Waals surface area contributed by atoms with Gasteiger partial charge >= 0.3 is 0 Å². The summed E-state index contributed by atoms with van der Waals surface area (Å²) < 4.78 is 6.09. The topological polar surface area (TPSA) is 25.2 Å². The molecule has 0 bridgehead atoms. The van der Waals surface area contributed by atoms with E-state index in [1.54, 1.807) is 11.8 Å². The van der Waals surface area contributed by atoms with Crippen LogP contribution in [-0.2, 0) is 10.8 Å². The van der Waals surface area contributed by atoms with Crippen molar-refractivity contribution in [3.05, 3.63) is 47.2 Å². The summed E-state index contributed by atoms with van der Waals surface area (Å²) in [5, 5.41) is 6.71. The Bertz CT molecular complexity index is 626. The summed E-state index contributed by atoms with van der Waals surface area (Å²) in [5.41, 5.74) is 2.05. The fraction of sp³-hybridized carbons (Fsp3) is 0.375. The minimum absolute atomic E-state index is 0.143. The predicted molar refractivity (Wildman–Crippen MR) is 86.8 cm³/mol. The molecular formula is C16H18ClNOS. The van der Waals surface area contributed by atoms with Crippen LogP contribution >= 0.6 is 23.4 Å². The van der Waals surface area contributed by atoms with Gasteiger partial charge in [0.15, 0.2) is 0 Å². The van der Waals surface area contributed by atoms with Crippen LogP contribution in [0.5, 0.6) is 0 Å². The Morgan fingerprint density at radius 3 is 2.95 bits per heavy atom. The molecule has 1 aromatic heterocycles. The molecule has 1 unspecified atom stereocenters. The molecule has 0 saturated carbocycles. The van der Waals surface area contributed by atoms with Crippen LogP contribution in [0.25, 0.3) is 11.0 Å². The first-order valence-electron chi connectivity index (χ1n) is 6.97. The Labute approximate surface area is 128 Å². The van der Waals surface area contributed by atoms with E-state index in [1.807, 2.05) is 18.3 Å². The van der Waals surface area contributed by atoms with Crippen LogP contribution in [-0.4, -0.2) is 0 Å². The minimum atomic E-state index is -0.143. The molecule has 4 heteroatoms.